The van der Waals surface area contributed by atoms with Gasteiger partial charge in [-0.15, -0.1) is 0 Å². The number of imide groups is 1. The average Bonchev–Trinajstić information content (AvgIpc) is 3.16. The van der Waals surface area contributed by atoms with Crippen LogP contribution in [-0.4, -0.2) is 154 Å². The Labute approximate surface area is 226 Å². The normalized spacial score (nSPS) is 13.2. The van der Waals surface area contributed by atoms with E-state index < -0.39 is 31.0 Å². The fraction of sp³-hybridized carbons (Fsp3) is 0.667. The van der Waals surface area contributed by atoms with E-state index in [2.05, 4.69) is 5.32 Å². The van der Waals surface area contributed by atoms with Gasteiger partial charge in [0.05, 0.1) is 32.8 Å². The van der Waals surface area contributed by atoms with Crippen LogP contribution in [0.3, 0.4) is 0 Å². The highest BCUT2D eigenvalue weighted by atomic mass is 16.4. The van der Waals surface area contributed by atoms with E-state index in [1.54, 1.807) is 4.90 Å². The number of carbonyl (C=O) groups is 6. The van der Waals surface area contributed by atoms with Crippen LogP contribution >= 0.6 is 0 Å². The van der Waals surface area contributed by atoms with Gasteiger partial charge in [-0.1, -0.05) is 12.8 Å². The first-order valence-electron chi connectivity index (χ1n) is 12.7. The molecule has 1 heterocycles. The second kappa shape index (κ2) is 18.8. The van der Waals surface area contributed by atoms with Gasteiger partial charge < -0.3 is 25.7 Å². The molecule has 0 saturated heterocycles. The molecule has 39 heavy (non-hydrogen) atoms. The number of nitrogens with one attached hydrogen (secondary N) is 1. The number of carboxylic acid groups (broad SMARTS) is 3. The lowest BCUT2D eigenvalue weighted by Gasteiger charge is -2.28. The number of unbranched alkanes of at least 4 members (excludes halogenated alkanes) is 3. The Bertz CT molecular complexity index is 847. The molecule has 0 radical (unpaired) electrons. The summed E-state index contributed by atoms with van der Waals surface area (Å²) in [5, 5.41) is 39.1. The number of hydrogen-bond acceptors (Lipinski definition) is 10. The Hall–Kier alpha value is -3.40. The third-order valence-electron chi connectivity index (χ3n) is 5.86. The molecule has 0 fully saturated rings. The second-order valence-corrected chi connectivity index (χ2v) is 9.09. The molecule has 220 valence electrons. The highest BCUT2D eigenvalue weighted by Crippen LogP contribution is 2.07. The van der Waals surface area contributed by atoms with Gasteiger partial charge in [-0.05, 0) is 12.8 Å². The highest BCUT2D eigenvalue weighted by Gasteiger charge is 2.22. The predicted molar refractivity (Wildman–Crippen MR) is 137 cm³/mol. The van der Waals surface area contributed by atoms with Crippen LogP contribution < -0.4 is 5.32 Å². The van der Waals surface area contributed by atoms with Gasteiger partial charge in [0.1, 0.15) is 0 Å². The fourth-order valence-electron chi connectivity index (χ4n) is 3.92. The molecule has 0 saturated carbocycles. The summed E-state index contributed by atoms with van der Waals surface area (Å²) < 4.78 is 0. The first kappa shape index (κ1) is 33.6. The highest BCUT2D eigenvalue weighted by molar-refractivity contribution is 6.12. The van der Waals surface area contributed by atoms with E-state index in [-0.39, 0.29) is 70.1 Å². The quantitative estimate of drug-likeness (QED) is 0.0665. The van der Waals surface area contributed by atoms with Crippen LogP contribution in [0, 0.1) is 0 Å². The number of aliphatic hydroxyl groups excluding tert-OH is 1. The molecule has 0 unspecified atom stereocenters. The number of nitrogens with zero attached hydrogens (tertiary/aromatic N) is 4. The zero-order chi connectivity index (χ0) is 29.2. The molecule has 1 aliphatic heterocycles. The number of rotatable bonds is 23. The van der Waals surface area contributed by atoms with Crippen molar-refractivity contribution in [3.63, 3.8) is 0 Å². The van der Waals surface area contributed by atoms with Crippen LogP contribution in [0.4, 0.5) is 0 Å². The van der Waals surface area contributed by atoms with Crippen molar-refractivity contribution >= 4 is 35.6 Å². The summed E-state index contributed by atoms with van der Waals surface area (Å²) in [6, 6.07) is 0. The van der Waals surface area contributed by atoms with Crippen molar-refractivity contribution in [2.45, 2.75) is 25.7 Å². The molecular weight excluding hydrogens is 518 g/mol. The largest absolute Gasteiger partial charge is 0.480 e. The molecule has 0 aromatic heterocycles. The van der Waals surface area contributed by atoms with Crippen LogP contribution in [0.25, 0.3) is 0 Å². The van der Waals surface area contributed by atoms with Crippen LogP contribution in [0.2, 0.25) is 0 Å². The van der Waals surface area contributed by atoms with Gasteiger partial charge in [-0.25, -0.2) is 0 Å². The van der Waals surface area contributed by atoms with Crippen LogP contribution in [0.5, 0.6) is 0 Å². The van der Waals surface area contributed by atoms with Gasteiger partial charge in [0.25, 0.3) is 11.8 Å². The Balaban J connectivity index is 2.52. The molecule has 0 bridgehead atoms. The summed E-state index contributed by atoms with van der Waals surface area (Å²) in [4.78, 5) is 74.4. The van der Waals surface area contributed by atoms with E-state index in [1.807, 2.05) is 0 Å². The maximum absolute atomic E-state index is 12.5. The number of aliphatic carboxylic acids is 3. The lowest BCUT2D eigenvalue weighted by molar-refractivity contribution is -0.142. The average molecular weight is 558 g/mol. The third-order valence-corrected chi connectivity index (χ3v) is 5.86. The molecule has 15 nitrogen and oxygen atoms in total. The van der Waals surface area contributed by atoms with Crippen molar-refractivity contribution in [1.29, 1.82) is 0 Å². The van der Waals surface area contributed by atoms with Gasteiger partial charge in [0.2, 0.25) is 5.91 Å². The second-order valence-electron chi connectivity index (χ2n) is 9.09. The first-order chi connectivity index (χ1) is 18.5. The maximum Gasteiger partial charge on any atom is 0.317 e. The molecule has 1 aliphatic rings. The Kier molecular flexibility index (Phi) is 16.2. The van der Waals surface area contributed by atoms with Gasteiger partial charge >= 0.3 is 17.9 Å². The van der Waals surface area contributed by atoms with Crippen LogP contribution in [0.1, 0.15) is 25.7 Å². The number of carboxylic acids is 3. The molecule has 5 N–H and O–H groups in total. The summed E-state index contributed by atoms with van der Waals surface area (Å²) in [7, 11) is 0. The van der Waals surface area contributed by atoms with Crippen molar-refractivity contribution < 1.29 is 49.2 Å². The molecule has 0 aliphatic carbocycles. The molecule has 3 amide bonds. The zero-order valence-corrected chi connectivity index (χ0v) is 22.0. The lowest BCUT2D eigenvalue weighted by Crippen LogP contribution is -2.46. The molecule has 15 heteroatoms. The Morgan fingerprint density at radius 1 is 0.667 bits per heavy atom. The molecule has 1 rings (SSSR count). The fourth-order valence-corrected chi connectivity index (χ4v) is 3.92. The maximum atomic E-state index is 12.5. The van der Waals surface area contributed by atoms with Crippen molar-refractivity contribution in [3.8, 4) is 0 Å². The van der Waals surface area contributed by atoms with Gasteiger partial charge in [0, 0.05) is 58.0 Å². The molecule has 0 aromatic carbocycles. The SMILES string of the molecule is O=C(O)CN(CCO)CCN(CCN(CC(=O)O)CC(=O)O)CC(=O)NCCCCCCN1C(=O)C=CC1=O. The zero-order valence-electron chi connectivity index (χ0n) is 22.0. The van der Waals surface area contributed by atoms with E-state index in [4.69, 9.17) is 15.3 Å². The summed E-state index contributed by atoms with van der Waals surface area (Å²) in [5.41, 5.74) is 0. The molecular formula is C24H39N5O10. The minimum atomic E-state index is -1.19. The van der Waals surface area contributed by atoms with E-state index >= 15 is 0 Å². The summed E-state index contributed by atoms with van der Waals surface area (Å²) >= 11 is 0. The van der Waals surface area contributed by atoms with Crippen LogP contribution in [-0.2, 0) is 28.8 Å². The Morgan fingerprint density at radius 3 is 1.64 bits per heavy atom. The van der Waals surface area contributed by atoms with Crippen LogP contribution in [0.15, 0.2) is 12.2 Å². The number of amides is 3. The van der Waals surface area contributed by atoms with E-state index in [9.17, 15) is 33.9 Å². The van der Waals surface area contributed by atoms with E-state index in [0.29, 0.717) is 25.9 Å². The standard InChI is InChI=1S/C24H39N5O10/c30-14-13-27(16-22(34)35)10-9-26(11-12-28(17-23(36)37)18-24(38)39)15-19(31)25-7-3-1-2-4-8-29-20(32)5-6-21(29)33/h5-6,30H,1-4,7-18H2,(H,25,31)(H,34,35)(H,36,37)(H,38,39). The van der Waals surface area contributed by atoms with E-state index in [0.717, 1.165) is 12.8 Å². The molecule has 0 aromatic rings. The minimum Gasteiger partial charge on any atom is -0.480 e. The lowest BCUT2D eigenvalue weighted by atomic mass is 10.2. The van der Waals surface area contributed by atoms with Gasteiger partial charge in [0.15, 0.2) is 0 Å². The van der Waals surface area contributed by atoms with Gasteiger partial charge in [-0.2, -0.15) is 0 Å². The monoisotopic (exact) mass is 557 g/mol. The van der Waals surface area contributed by atoms with Gasteiger partial charge in [-0.3, -0.25) is 48.4 Å². The smallest absolute Gasteiger partial charge is 0.317 e. The minimum absolute atomic E-state index is 0.0579. The summed E-state index contributed by atoms with van der Waals surface area (Å²) in [5.74, 6) is -4.37. The number of aliphatic hydroxyl groups is 1. The topological polar surface area (TPSA) is 208 Å². The van der Waals surface area contributed by atoms with Crippen molar-refractivity contribution in [2.24, 2.45) is 0 Å². The summed E-state index contributed by atoms with van der Waals surface area (Å²) in [6.45, 7) is -0.0597. The molecule has 0 spiro atoms. The predicted octanol–water partition coefficient (Wildman–Crippen LogP) is -2.26. The van der Waals surface area contributed by atoms with Crippen molar-refractivity contribution in [1.82, 2.24) is 24.9 Å². The Morgan fingerprint density at radius 2 is 1.13 bits per heavy atom. The van der Waals surface area contributed by atoms with E-state index in [1.165, 1.54) is 26.9 Å². The number of hydrogen-bond donors (Lipinski definition) is 5. The first-order valence-corrected chi connectivity index (χ1v) is 12.7. The number of carbonyl (C=O) groups excluding carboxylic acids is 3. The third kappa shape index (κ3) is 15.6. The molecule has 0 atom stereocenters. The summed E-state index contributed by atoms with van der Waals surface area (Å²) in [6.07, 6.45) is 5.37. The van der Waals surface area contributed by atoms with Crippen molar-refractivity contribution in [2.75, 3.05) is 78.6 Å². The van der Waals surface area contributed by atoms with Crippen molar-refractivity contribution in [3.05, 3.63) is 12.2 Å².